The predicted octanol–water partition coefficient (Wildman–Crippen LogP) is 5.94. The molecule has 2 aliphatic rings. The Labute approximate surface area is 200 Å². The number of halogens is 1. The van der Waals surface area contributed by atoms with E-state index in [1.807, 2.05) is 119 Å². The SMILES string of the molecule is O=C1Nc2ccccc2C12N(c1ccccc1)N=C(c1ccccc1)N2c1ccc(Br)cc1. The summed E-state index contributed by atoms with van der Waals surface area (Å²) in [6.45, 7) is 0. The van der Waals surface area contributed by atoms with E-state index in [1.165, 1.54) is 0 Å². The van der Waals surface area contributed by atoms with Crippen LogP contribution in [0.2, 0.25) is 0 Å². The number of benzene rings is 4. The monoisotopic (exact) mass is 494 g/mol. The van der Waals surface area contributed by atoms with Crippen molar-refractivity contribution in [3.8, 4) is 0 Å². The Balaban J connectivity index is 1.68. The number of amides is 1. The quantitative estimate of drug-likeness (QED) is 0.383. The number of hydrazone groups is 1. The Kier molecular flexibility index (Phi) is 4.55. The maximum Gasteiger partial charge on any atom is 0.278 e. The number of para-hydroxylation sites is 2. The van der Waals surface area contributed by atoms with Crippen LogP contribution < -0.4 is 15.2 Å². The molecule has 1 amide bonds. The third-order valence-corrected chi connectivity index (χ3v) is 6.55. The average Bonchev–Trinajstić information content (AvgIpc) is 3.37. The van der Waals surface area contributed by atoms with Gasteiger partial charge in [0, 0.05) is 27.0 Å². The van der Waals surface area contributed by atoms with Crippen LogP contribution in [0.15, 0.2) is 119 Å². The number of nitrogens with one attached hydrogen (secondary N) is 1. The van der Waals surface area contributed by atoms with Crippen LogP contribution in [0.25, 0.3) is 0 Å². The molecule has 0 saturated heterocycles. The first-order chi connectivity index (χ1) is 16.2. The number of nitrogens with zero attached hydrogens (tertiary/aromatic N) is 3. The van der Waals surface area contributed by atoms with E-state index in [2.05, 4.69) is 21.2 Å². The molecular formula is C27H19BrN4O. The molecule has 4 aromatic rings. The molecule has 33 heavy (non-hydrogen) atoms. The predicted molar refractivity (Wildman–Crippen MR) is 135 cm³/mol. The summed E-state index contributed by atoms with van der Waals surface area (Å²) < 4.78 is 0.967. The lowest BCUT2D eigenvalue weighted by Crippen LogP contribution is -2.58. The van der Waals surface area contributed by atoms with Crippen molar-refractivity contribution in [2.24, 2.45) is 5.10 Å². The molecule has 1 atom stereocenters. The summed E-state index contributed by atoms with van der Waals surface area (Å²) in [5, 5.41) is 10.1. The van der Waals surface area contributed by atoms with Crippen molar-refractivity contribution in [2.75, 3.05) is 15.2 Å². The molecule has 0 radical (unpaired) electrons. The third kappa shape index (κ3) is 2.91. The highest BCUT2D eigenvalue weighted by Crippen LogP contribution is 2.50. The summed E-state index contributed by atoms with van der Waals surface area (Å²) in [7, 11) is 0. The fourth-order valence-electron chi connectivity index (χ4n) is 4.61. The van der Waals surface area contributed by atoms with Gasteiger partial charge >= 0.3 is 0 Å². The second kappa shape index (κ2) is 7.60. The van der Waals surface area contributed by atoms with Crippen molar-refractivity contribution in [3.63, 3.8) is 0 Å². The summed E-state index contributed by atoms with van der Waals surface area (Å²) in [4.78, 5) is 16.0. The van der Waals surface area contributed by atoms with Gasteiger partial charge in [-0.05, 0) is 42.5 Å². The van der Waals surface area contributed by atoms with Crippen LogP contribution >= 0.6 is 15.9 Å². The highest BCUT2D eigenvalue weighted by Gasteiger charge is 2.61. The van der Waals surface area contributed by atoms with Crippen LogP contribution in [0, 0.1) is 0 Å². The maximum atomic E-state index is 14.0. The van der Waals surface area contributed by atoms with Crippen molar-refractivity contribution < 1.29 is 4.79 Å². The first-order valence-electron chi connectivity index (χ1n) is 10.7. The van der Waals surface area contributed by atoms with Crippen molar-refractivity contribution in [1.29, 1.82) is 0 Å². The average molecular weight is 495 g/mol. The van der Waals surface area contributed by atoms with Crippen LogP contribution in [-0.2, 0) is 10.5 Å². The number of hydrogen-bond donors (Lipinski definition) is 1. The fraction of sp³-hybridized carbons (Fsp3) is 0.0370. The van der Waals surface area contributed by atoms with Crippen molar-refractivity contribution in [2.45, 2.75) is 5.66 Å². The van der Waals surface area contributed by atoms with Gasteiger partial charge in [0.25, 0.3) is 5.91 Å². The number of hydrogen-bond acceptors (Lipinski definition) is 4. The molecule has 6 rings (SSSR count). The normalized spacial score (nSPS) is 18.9. The number of carbonyl (C=O) groups excluding carboxylic acids is 1. The number of amidine groups is 1. The van der Waals surface area contributed by atoms with Crippen molar-refractivity contribution in [1.82, 2.24) is 0 Å². The Morgan fingerprint density at radius 2 is 1.36 bits per heavy atom. The summed E-state index contributed by atoms with van der Waals surface area (Å²) in [6.07, 6.45) is 0. The number of rotatable bonds is 3. The maximum absolute atomic E-state index is 14.0. The zero-order valence-electron chi connectivity index (χ0n) is 17.5. The lowest BCUT2D eigenvalue weighted by molar-refractivity contribution is -0.120. The number of carbonyl (C=O) groups is 1. The molecule has 4 aromatic carbocycles. The van der Waals surface area contributed by atoms with Gasteiger partial charge in [-0.15, -0.1) is 0 Å². The molecule has 2 heterocycles. The molecule has 0 bridgehead atoms. The largest absolute Gasteiger partial charge is 0.322 e. The Morgan fingerprint density at radius 3 is 2.09 bits per heavy atom. The molecular weight excluding hydrogens is 476 g/mol. The summed E-state index contributed by atoms with van der Waals surface area (Å²) >= 11 is 3.54. The third-order valence-electron chi connectivity index (χ3n) is 6.02. The molecule has 5 nitrogen and oxygen atoms in total. The second-order valence-electron chi connectivity index (χ2n) is 7.92. The van der Waals surface area contributed by atoms with Gasteiger partial charge in [0.05, 0.1) is 5.69 Å². The van der Waals surface area contributed by atoms with Gasteiger partial charge in [0.15, 0.2) is 5.84 Å². The molecule has 0 saturated carbocycles. The Bertz CT molecular complexity index is 1370. The molecule has 1 unspecified atom stereocenters. The van der Waals surface area contributed by atoms with Gasteiger partial charge in [-0.1, -0.05) is 82.7 Å². The molecule has 0 aromatic heterocycles. The van der Waals surface area contributed by atoms with E-state index >= 15 is 0 Å². The minimum Gasteiger partial charge on any atom is -0.322 e. The zero-order valence-corrected chi connectivity index (χ0v) is 19.1. The van der Waals surface area contributed by atoms with E-state index in [9.17, 15) is 4.79 Å². The molecule has 0 fully saturated rings. The zero-order chi connectivity index (χ0) is 22.4. The van der Waals surface area contributed by atoms with Gasteiger partial charge < -0.3 is 5.32 Å². The second-order valence-corrected chi connectivity index (χ2v) is 8.84. The minimum atomic E-state index is -1.21. The smallest absolute Gasteiger partial charge is 0.278 e. The first-order valence-corrected chi connectivity index (χ1v) is 11.4. The van der Waals surface area contributed by atoms with Crippen molar-refractivity contribution >= 4 is 44.7 Å². The standard InChI is InChI=1S/C27H19BrN4O/c28-20-15-17-21(18-16-20)31-25(19-9-3-1-4-10-19)30-32(22-11-5-2-6-12-22)27(31)23-13-7-8-14-24(23)29-26(27)33/h1-18H,(H,29,33). The molecule has 1 N–H and O–H groups in total. The van der Waals surface area contributed by atoms with Gasteiger partial charge in [-0.25, -0.2) is 5.01 Å². The van der Waals surface area contributed by atoms with Crippen LogP contribution in [0.5, 0.6) is 0 Å². The Hall–Kier alpha value is -3.90. The van der Waals surface area contributed by atoms with Crippen LogP contribution in [0.1, 0.15) is 11.1 Å². The van der Waals surface area contributed by atoms with Gasteiger partial charge in [-0.2, -0.15) is 5.10 Å². The molecule has 0 aliphatic carbocycles. The molecule has 1 spiro atoms. The van der Waals surface area contributed by atoms with E-state index in [0.717, 1.165) is 32.7 Å². The topological polar surface area (TPSA) is 47.9 Å². The van der Waals surface area contributed by atoms with E-state index in [-0.39, 0.29) is 5.91 Å². The van der Waals surface area contributed by atoms with Gasteiger partial charge in [0.1, 0.15) is 0 Å². The molecule has 6 heteroatoms. The van der Waals surface area contributed by atoms with Crippen molar-refractivity contribution in [3.05, 3.63) is 125 Å². The lowest BCUT2D eigenvalue weighted by atomic mass is 9.96. The van der Waals surface area contributed by atoms with Gasteiger partial charge in [0.2, 0.25) is 5.66 Å². The fourth-order valence-corrected chi connectivity index (χ4v) is 4.87. The van der Waals surface area contributed by atoms with Crippen LogP contribution in [-0.4, -0.2) is 11.7 Å². The Morgan fingerprint density at radius 1 is 0.727 bits per heavy atom. The van der Waals surface area contributed by atoms with Crippen LogP contribution in [0.3, 0.4) is 0 Å². The van der Waals surface area contributed by atoms with E-state index in [0.29, 0.717) is 5.84 Å². The lowest BCUT2D eigenvalue weighted by Gasteiger charge is -2.40. The molecule has 2 aliphatic heterocycles. The van der Waals surface area contributed by atoms with Gasteiger partial charge in [-0.3, -0.25) is 9.69 Å². The number of anilines is 3. The minimum absolute atomic E-state index is 0.148. The summed E-state index contributed by atoms with van der Waals surface area (Å²) in [5.41, 5.74) is 3.06. The van der Waals surface area contributed by atoms with E-state index in [1.54, 1.807) is 0 Å². The van der Waals surface area contributed by atoms with E-state index in [4.69, 9.17) is 5.10 Å². The summed E-state index contributed by atoms with van der Waals surface area (Å²) in [5.74, 6) is 0.554. The first kappa shape index (κ1) is 19.8. The van der Waals surface area contributed by atoms with Crippen LogP contribution in [0.4, 0.5) is 17.1 Å². The highest BCUT2D eigenvalue weighted by molar-refractivity contribution is 9.10. The summed E-state index contributed by atoms with van der Waals surface area (Å²) in [6, 6.07) is 35.6. The molecule has 160 valence electrons. The highest BCUT2D eigenvalue weighted by atomic mass is 79.9. The van der Waals surface area contributed by atoms with E-state index < -0.39 is 5.66 Å². The number of fused-ring (bicyclic) bond motifs is 2.